The Balaban J connectivity index is 0.000000216. The number of carbonyl (C=O) groups excluding carboxylic acids is 2. The molecule has 0 atom stereocenters. The van der Waals surface area contributed by atoms with Crippen molar-refractivity contribution in [3.05, 3.63) is 105 Å². The summed E-state index contributed by atoms with van der Waals surface area (Å²) < 4.78 is 1.97. The van der Waals surface area contributed by atoms with Crippen LogP contribution in [0.25, 0.3) is 21.8 Å². The van der Waals surface area contributed by atoms with Crippen LogP contribution < -0.4 is 22.3 Å². The third-order valence-electron chi connectivity index (χ3n) is 5.35. The number of hydrogen-bond donors (Lipinski definition) is 3. The summed E-state index contributed by atoms with van der Waals surface area (Å²) in [6.07, 6.45) is 3.21. The molecule has 188 valence electrons. The molecule has 2 amide bonds. The number of pyridine rings is 2. The van der Waals surface area contributed by atoms with Gasteiger partial charge in [0.25, 0.3) is 11.8 Å². The molecular weight excluding hydrogens is 604 g/mol. The van der Waals surface area contributed by atoms with Crippen molar-refractivity contribution >= 4 is 76.9 Å². The fourth-order valence-electron chi connectivity index (χ4n) is 3.74. The largest absolute Gasteiger partial charge is 0.412 e. The van der Waals surface area contributed by atoms with Crippen molar-refractivity contribution in [3.8, 4) is 0 Å². The first-order chi connectivity index (χ1) is 17.4. The molecule has 0 spiro atoms. The number of fused-ring (bicyclic) bond motifs is 3. The number of hydrazine groups is 1. The van der Waals surface area contributed by atoms with E-state index in [0.29, 0.717) is 22.5 Å². The molecule has 8 N–H and O–H groups in total. The highest BCUT2D eigenvalue weighted by Crippen LogP contribution is 2.30. The van der Waals surface area contributed by atoms with Gasteiger partial charge in [-0.15, -0.1) is 0 Å². The molecule has 6 rings (SSSR count). The highest BCUT2D eigenvalue weighted by atomic mass is 79.9. The lowest BCUT2D eigenvalue weighted by molar-refractivity contribution is 0.0926. The zero-order chi connectivity index (χ0) is 25.8. The van der Waals surface area contributed by atoms with E-state index in [1.54, 1.807) is 42.7 Å². The van der Waals surface area contributed by atoms with Crippen LogP contribution in [0.1, 0.15) is 20.7 Å². The summed E-state index contributed by atoms with van der Waals surface area (Å²) >= 11 is 6.78. The zero-order valence-corrected chi connectivity index (χ0v) is 22.4. The predicted molar refractivity (Wildman–Crippen MR) is 153 cm³/mol. The van der Waals surface area contributed by atoms with Crippen LogP contribution in [0.3, 0.4) is 0 Å². The van der Waals surface area contributed by atoms with Gasteiger partial charge in [-0.2, -0.15) is 0 Å². The Bertz CT molecular complexity index is 1540. The number of nitrogens with zero attached hydrogens (tertiary/aromatic N) is 3. The van der Waals surface area contributed by atoms with Crippen LogP contribution in [0.15, 0.2) is 94.1 Å². The van der Waals surface area contributed by atoms with Crippen molar-refractivity contribution in [3.63, 3.8) is 0 Å². The Morgan fingerprint density at radius 1 is 0.676 bits per heavy atom. The monoisotopic (exact) mass is 624 g/mol. The lowest BCUT2D eigenvalue weighted by Gasteiger charge is -2.14. The second-order valence-corrected chi connectivity index (χ2v) is 9.46. The van der Waals surface area contributed by atoms with Gasteiger partial charge < -0.3 is 11.2 Å². The Morgan fingerprint density at radius 2 is 1.16 bits per heavy atom. The van der Waals surface area contributed by atoms with Crippen molar-refractivity contribution in [1.82, 2.24) is 9.97 Å². The van der Waals surface area contributed by atoms with Crippen LogP contribution in [-0.2, 0) is 0 Å². The topological polar surface area (TPSA) is 173 Å². The minimum absolute atomic E-state index is 0. The smallest absolute Gasteiger partial charge is 0.266 e. The van der Waals surface area contributed by atoms with E-state index in [-0.39, 0.29) is 17.3 Å². The maximum Gasteiger partial charge on any atom is 0.266 e. The first-order valence-electron chi connectivity index (χ1n) is 10.6. The van der Waals surface area contributed by atoms with Crippen molar-refractivity contribution in [2.45, 2.75) is 0 Å². The van der Waals surface area contributed by atoms with Gasteiger partial charge in [-0.05, 0) is 48.5 Å². The molecule has 0 saturated heterocycles. The van der Waals surface area contributed by atoms with Crippen molar-refractivity contribution in [2.24, 2.45) is 11.7 Å². The number of anilines is 2. The molecule has 3 aromatic carbocycles. The molecular formula is C26H22Br2N6O3. The summed E-state index contributed by atoms with van der Waals surface area (Å²) in [5.41, 5.74) is 9.40. The molecule has 1 aliphatic heterocycles. The SMILES string of the molecule is NN.Nc1cnc2cc(Br)ccc2c1.O.O=C1c2ccccc2C(=O)N1c1cnc2cc(Br)ccc2c1. The first-order valence-corrected chi connectivity index (χ1v) is 12.2. The third kappa shape index (κ3) is 5.82. The summed E-state index contributed by atoms with van der Waals surface area (Å²) in [7, 11) is 0. The number of amides is 2. The fourth-order valence-corrected chi connectivity index (χ4v) is 4.44. The second-order valence-electron chi connectivity index (χ2n) is 7.63. The van der Waals surface area contributed by atoms with Gasteiger partial charge >= 0.3 is 0 Å². The summed E-state index contributed by atoms with van der Waals surface area (Å²) in [5, 5.41) is 1.94. The molecule has 1 aliphatic rings. The third-order valence-corrected chi connectivity index (χ3v) is 6.34. The maximum absolute atomic E-state index is 12.5. The van der Waals surface area contributed by atoms with Crippen molar-refractivity contribution in [1.29, 1.82) is 0 Å². The molecule has 9 nitrogen and oxygen atoms in total. The highest BCUT2D eigenvalue weighted by Gasteiger charge is 2.36. The molecule has 0 aliphatic carbocycles. The number of rotatable bonds is 1. The number of nitrogen functional groups attached to an aromatic ring is 1. The Hall–Kier alpha value is -3.74. The van der Waals surface area contributed by atoms with E-state index < -0.39 is 0 Å². The molecule has 0 saturated carbocycles. The van der Waals surface area contributed by atoms with Gasteiger partial charge in [0.2, 0.25) is 0 Å². The first kappa shape index (κ1) is 27.8. The lowest BCUT2D eigenvalue weighted by atomic mass is 10.1. The van der Waals surface area contributed by atoms with E-state index in [4.69, 9.17) is 5.73 Å². The molecule has 0 fully saturated rings. The molecule has 11 heteroatoms. The molecule has 3 heterocycles. The van der Waals surface area contributed by atoms with Gasteiger partial charge in [-0.1, -0.05) is 56.1 Å². The summed E-state index contributed by atoms with van der Waals surface area (Å²) in [6.45, 7) is 0. The Labute approximate surface area is 228 Å². The molecule has 5 aromatic rings. The predicted octanol–water partition coefficient (Wildman–Crippen LogP) is 4.37. The van der Waals surface area contributed by atoms with Crippen LogP contribution >= 0.6 is 31.9 Å². The van der Waals surface area contributed by atoms with E-state index in [2.05, 4.69) is 53.5 Å². The van der Waals surface area contributed by atoms with Gasteiger partial charge in [-0.3, -0.25) is 31.2 Å². The number of halogens is 2. The second kappa shape index (κ2) is 12.0. The molecule has 0 bridgehead atoms. The maximum atomic E-state index is 12.5. The summed E-state index contributed by atoms with van der Waals surface area (Å²) in [5.74, 6) is 7.39. The van der Waals surface area contributed by atoms with Gasteiger partial charge in [0.1, 0.15) is 0 Å². The number of nitrogens with two attached hydrogens (primary N) is 3. The van der Waals surface area contributed by atoms with Crippen molar-refractivity contribution in [2.75, 3.05) is 10.6 Å². The fraction of sp³-hybridized carbons (Fsp3) is 0. The van der Waals surface area contributed by atoms with Crippen LogP contribution in [0.2, 0.25) is 0 Å². The van der Waals surface area contributed by atoms with Gasteiger partial charge in [0.15, 0.2) is 0 Å². The van der Waals surface area contributed by atoms with Gasteiger partial charge in [0, 0.05) is 19.7 Å². The highest BCUT2D eigenvalue weighted by molar-refractivity contribution is 9.10. The number of hydrogen-bond acceptors (Lipinski definition) is 7. The van der Waals surface area contributed by atoms with Gasteiger partial charge in [0.05, 0.1) is 45.9 Å². The number of benzene rings is 3. The summed E-state index contributed by atoms with van der Waals surface area (Å²) in [6, 6.07) is 22.2. The Morgan fingerprint density at radius 3 is 1.70 bits per heavy atom. The number of imide groups is 1. The van der Waals surface area contributed by atoms with E-state index >= 15 is 0 Å². The molecule has 0 radical (unpaired) electrons. The zero-order valence-electron chi connectivity index (χ0n) is 19.2. The average molecular weight is 626 g/mol. The van der Waals surface area contributed by atoms with Crippen LogP contribution in [0.4, 0.5) is 11.4 Å². The standard InChI is InChI=1S/C17H9BrN2O2.C9H7BrN2.H4N2.H2O/c18-11-6-5-10-7-12(9-19-15(10)8-11)20-16(21)13-3-1-2-4-14(13)17(20)22;10-7-2-1-6-3-8(11)5-12-9(6)4-7;1-2;/h1-9H;1-5H,11H2;1-2H2;1H2. The summed E-state index contributed by atoms with van der Waals surface area (Å²) in [4.78, 5) is 34.6. The molecule has 0 unspecified atom stereocenters. The van der Waals surface area contributed by atoms with E-state index in [9.17, 15) is 9.59 Å². The van der Waals surface area contributed by atoms with E-state index in [1.807, 2.05) is 42.5 Å². The van der Waals surface area contributed by atoms with Crippen molar-refractivity contribution < 1.29 is 15.1 Å². The number of aromatic nitrogens is 2. The quantitative estimate of drug-likeness (QED) is 0.141. The van der Waals surface area contributed by atoms with Crippen LogP contribution in [-0.4, -0.2) is 27.3 Å². The minimum atomic E-state index is -0.307. The average Bonchev–Trinajstić information content (AvgIpc) is 3.15. The Kier molecular flexibility index (Phi) is 9.03. The lowest BCUT2D eigenvalue weighted by Crippen LogP contribution is -2.29. The van der Waals surface area contributed by atoms with Gasteiger partial charge in [-0.25, -0.2) is 4.90 Å². The molecule has 2 aromatic heterocycles. The van der Waals surface area contributed by atoms with Crippen LogP contribution in [0.5, 0.6) is 0 Å². The van der Waals surface area contributed by atoms with E-state index in [1.165, 1.54) is 4.90 Å². The molecule has 37 heavy (non-hydrogen) atoms. The minimum Gasteiger partial charge on any atom is -0.412 e. The van der Waals surface area contributed by atoms with Crippen LogP contribution in [0, 0.1) is 0 Å². The van der Waals surface area contributed by atoms with E-state index in [0.717, 1.165) is 30.8 Å². The number of carbonyl (C=O) groups is 2. The normalized spacial score (nSPS) is 11.7.